The lowest BCUT2D eigenvalue weighted by molar-refractivity contribution is 0.232. The second-order valence-electron chi connectivity index (χ2n) is 5.91. The minimum atomic E-state index is -0.838. The standard InChI is InChI=1S/C16H26N2O2S2/c1-3-22(20)15-7-5-4-6-14(15)18-16(19)17-10-12(2)13-8-9-21-11-13/h8-9,11-12,14-15H,3-7,10H2,1-2H3,(H2,17,18,19)/t12-,14+,15-,22-/m1/s1. The van der Waals surface area contributed by atoms with E-state index in [1.54, 1.807) is 11.3 Å². The molecule has 1 aliphatic carbocycles. The van der Waals surface area contributed by atoms with Gasteiger partial charge in [-0.05, 0) is 41.1 Å². The molecule has 4 atom stereocenters. The molecule has 0 aromatic carbocycles. The van der Waals surface area contributed by atoms with Gasteiger partial charge >= 0.3 is 6.03 Å². The summed E-state index contributed by atoms with van der Waals surface area (Å²) in [6.45, 7) is 4.68. The van der Waals surface area contributed by atoms with Gasteiger partial charge in [-0.1, -0.05) is 26.7 Å². The van der Waals surface area contributed by atoms with Gasteiger partial charge in [0.2, 0.25) is 0 Å². The third kappa shape index (κ3) is 4.81. The Bertz CT molecular complexity index is 490. The van der Waals surface area contributed by atoms with E-state index in [1.807, 2.05) is 6.92 Å². The monoisotopic (exact) mass is 342 g/mol. The molecule has 0 spiro atoms. The zero-order valence-corrected chi connectivity index (χ0v) is 15.0. The van der Waals surface area contributed by atoms with Crippen molar-refractivity contribution in [2.24, 2.45) is 0 Å². The van der Waals surface area contributed by atoms with Gasteiger partial charge in [0, 0.05) is 29.1 Å². The zero-order chi connectivity index (χ0) is 15.9. The van der Waals surface area contributed by atoms with Crippen LogP contribution in [0.4, 0.5) is 4.79 Å². The van der Waals surface area contributed by atoms with Crippen LogP contribution in [0.1, 0.15) is 51.0 Å². The van der Waals surface area contributed by atoms with Gasteiger partial charge in [0.05, 0.1) is 5.25 Å². The van der Waals surface area contributed by atoms with Crippen molar-refractivity contribution in [3.63, 3.8) is 0 Å². The van der Waals surface area contributed by atoms with E-state index in [-0.39, 0.29) is 17.3 Å². The van der Waals surface area contributed by atoms with Crippen molar-refractivity contribution >= 4 is 28.2 Å². The minimum absolute atomic E-state index is 0.0472. The van der Waals surface area contributed by atoms with Gasteiger partial charge in [-0.2, -0.15) is 11.3 Å². The van der Waals surface area contributed by atoms with Gasteiger partial charge in [-0.3, -0.25) is 4.21 Å². The SMILES string of the molecule is CC[S@@](=O)[C@@H]1CCCC[C@@H]1NC(=O)NC[C@@H](C)c1ccsc1. The van der Waals surface area contributed by atoms with Crippen LogP contribution in [0.15, 0.2) is 16.8 Å². The first-order valence-electron chi connectivity index (χ1n) is 8.05. The van der Waals surface area contributed by atoms with Gasteiger partial charge in [0.25, 0.3) is 0 Å². The topological polar surface area (TPSA) is 58.2 Å². The highest BCUT2D eigenvalue weighted by Gasteiger charge is 2.30. The van der Waals surface area contributed by atoms with Gasteiger partial charge in [-0.15, -0.1) is 0 Å². The number of carbonyl (C=O) groups is 1. The fraction of sp³-hybridized carbons (Fsp3) is 0.688. The fourth-order valence-electron chi connectivity index (χ4n) is 2.93. The third-order valence-corrected chi connectivity index (χ3v) is 6.83. The summed E-state index contributed by atoms with van der Waals surface area (Å²) in [5.41, 5.74) is 1.26. The molecule has 0 radical (unpaired) electrons. The Hall–Kier alpha value is -0.880. The van der Waals surface area contributed by atoms with Crippen LogP contribution in [0.3, 0.4) is 0 Å². The summed E-state index contributed by atoms with van der Waals surface area (Å²) in [6, 6.07) is 2.01. The van der Waals surface area contributed by atoms with Crippen LogP contribution in [-0.4, -0.2) is 33.8 Å². The molecular weight excluding hydrogens is 316 g/mol. The number of amides is 2. The summed E-state index contributed by atoms with van der Waals surface area (Å²) in [4.78, 5) is 12.1. The highest BCUT2D eigenvalue weighted by Crippen LogP contribution is 2.23. The number of hydrogen-bond donors (Lipinski definition) is 2. The molecule has 1 aliphatic rings. The molecule has 1 saturated carbocycles. The highest BCUT2D eigenvalue weighted by molar-refractivity contribution is 7.85. The Balaban J connectivity index is 1.81. The quantitative estimate of drug-likeness (QED) is 0.834. The van der Waals surface area contributed by atoms with E-state index in [4.69, 9.17) is 0 Å². The first-order chi connectivity index (χ1) is 10.6. The molecule has 1 heterocycles. The summed E-state index contributed by atoms with van der Waals surface area (Å²) < 4.78 is 12.1. The number of rotatable bonds is 6. The Morgan fingerprint density at radius 3 is 2.91 bits per heavy atom. The summed E-state index contributed by atoms with van der Waals surface area (Å²) in [6.07, 6.45) is 4.11. The maximum Gasteiger partial charge on any atom is 0.315 e. The van der Waals surface area contributed by atoms with Crippen molar-refractivity contribution in [1.82, 2.24) is 10.6 Å². The lowest BCUT2D eigenvalue weighted by atomic mass is 9.95. The summed E-state index contributed by atoms with van der Waals surface area (Å²) in [7, 11) is -0.838. The lowest BCUT2D eigenvalue weighted by Gasteiger charge is -2.31. The van der Waals surface area contributed by atoms with Gasteiger partial charge in [-0.25, -0.2) is 4.79 Å². The number of carbonyl (C=O) groups excluding carboxylic acids is 1. The van der Waals surface area contributed by atoms with E-state index in [0.717, 1.165) is 25.7 Å². The van der Waals surface area contributed by atoms with Crippen LogP contribution < -0.4 is 10.6 Å². The summed E-state index contributed by atoms with van der Waals surface area (Å²) >= 11 is 1.67. The van der Waals surface area contributed by atoms with Gasteiger partial charge in [0.1, 0.15) is 0 Å². The maximum atomic E-state index is 12.1. The fourth-order valence-corrected chi connectivity index (χ4v) is 5.14. The molecule has 2 amide bonds. The second kappa shape index (κ2) is 8.67. The average Bonchev–Trinajstić information content (AvgIpc) is 3.07. The van der Waals surface area contributed by atoms with E-state index in [9.17, 15) is 9.00 Å². The van der Waals surface area contributed by atoms with Crippen LogP contribution in [0.25, 0.3) is 0 Å². The Kier molecular flexibility index (Phi) is 6.89. The van der Waals surface area contributed by atoms with Crippen LogP contribution >= 0.6 is 11.3 Å². The largest absolute Gasteiger partial charge is 0.338 e. The Morgan fingerprint density at radius 1 is 1.45 bits per heavy atom. The van der Waals surface area contributed by atoms with Crippen LogP contribution in [-0.2, 0) is 10.8 Å². The molecule has 6 heteroatoms. The first-order valence-corrected chi connectivity index (χ1v) is 10.4. The minimum Gasteiger partial charge on any atom is -0.338 e. The molecule has 1 aromatic heterocycles. The van der Waals surface area contributed by atoms with E-state index in [1.165, 1.54) is 5.56 Å². The molecule has 22 heavy (non-hydrogen) atoms. The van der Waals surface area contributed by atoms with Crippen LogP contribution in [0.2, 0.25) is 0 Å². The summed E-state index contributed by atoms with van der Waals surface area (Å²) in [5.74, 6) is 0.976. The molecule has 0 unspecified atom stereocenters. The number of hydrogen-bond acceptors (Lipinski definition) is 3. The molecular formula is C16H26N2O2S2. The lowest BCUT2D eigenvalue weighted by Crippen LogP contribution is -2.51. The van der Waals surface area contributed by atoms with Crippen LogP contribution in [0, 0.1) is 0 Å². The highest BCUT2D eigenvalue weighted by atomic mass is 32.2. The molecule has 1 aromatic rings. The third-order valence-electron chi connectivity index (χ3n) is 4.32. The zero-order valence-electron chi connectivity index (χ0n) is 13.3. The normalized spacial score (nSPS) is 24.5. The van der Waals surface area contributed by atoms with Crippen molar-refractivity contribution in [1.29, 1.82) is 0 Å². The first kappa shape index (κ1) is 17.5. The molecule has 0 bridgehead atoms. The molecule has 0 saturated heterocycles. The maximum absolute atomic E-state index is 12.1. The molecule has 2 N–H and O–H groups in total. The molecule has 0 aliphatic heterocycles. The number of urea groups is 1. The van der Waals surface area contributed by atoms with Crippen molar-refractivity contribution in [3.8, 4) is 0 Å². The molecule has 2 rings (SSSR count). The smallest absolute Gasteiger partial charge is 0.315 e. The van der Waals surface area contributed by atoms with Crippen molar-refractivity contribution < 1.29 is 9.00 Å². The Labute approximate surface area is 139 Å². The van der Waals surface area contributed by atoms with E-state index < -0.39 is 10.8 Å². The van der Waals surface area contributed by atoms with Crippen LogP contribution in [0.5, 0.6) is 0 Å². The predicted molar refractivity (Wildman–Crippen MR) is 94.0 cm³/mol. The van der Waals surface area contributed by atoms with Crippen molar-refractivity contribution in [3.05, 3.63) is 22.4 Å². The molecule has 1 fully saturated rings. The van der Waals surface area contributed by atoms with Gasteiger partial charge in [0.15, 0.2) is 0 Å². The average molecular weight is 343 g/mol. The van der Waals surface area contributed by atoms with E-state index in [2.05, 4.69) is 34.4 Å². The van der Waals surface area contributed by atoms with E-state index in [0.29, 0.717) is 18.2 Å². The number of nitrogens with one attached hydrogen (secondary N) is 2. The molecule has 124 valence electrons. The molecule has 4 nitrogen and oxygen atoms in total. The van der Waals surface area contributed by atoms with Gasteiger partial charge < -0.3 is 10.6 Å². The van der Waals surface area contributed by atoms with Crippen molar-refractivity contribution in [2.75, 3.05) is 12.3 Å². The van der Waals surface area contributed by atoms with Crippen molar-refractivity contribution in [2.45, 2.75) is 56.7 Å². The van der Waals surface area contributed by atoms with E-state index >= 15 is 0 Å². The number of thiophene rings is 1. The predicted octanol–water partition coefficient (Wildman–Crippen LogP) is 3.23. The second-order valence-corrected chi connectivity index (χ2v) is 8.64. The Morgan fingerprint density at radius 2 is 2.23 bits per heavy atom. The summed E-state index contributed by atoms with van der Waals surface area (Å²) in [5, 5.41) is 10.3.